The van der Waals surface area contributed by atoms with Crippen molar-refractivity contribution in [2.75, 3.05) is 13.2 Å². The van der Waals surface area contributed by atoms with Crippen LogP contribution in [0.3, 0.4) is 0 Å². The van der Waals surface area contributed by atoms with Crippen molar-refractivity contribution < 1.29 is 28.6 Å². The van der Waals surface area contributed by atoms with Crippen molar-refractivity contribution in [1.82, 2.24) is 0 Å². The van der Waals surface area contributed by atoms with Gasteiger partial charge in [-0.2, -0.15) is 0 Å². The molecule has 0 fully saturated rings. The van der Waals surface area contributed by atoms with Crippen LogP contribution in [0, 0.1) is 0 Å². The summed E-state index contributed by atoms with van der Waals surface area (Å²) in [5.41, 5.74) is 0. The van der Waals surface area contributed by atoms with E-state index in [1.54, 1.807) is 0 Å². The van der Waals surface area contributed by atoms with E-state index in [1.807, 2.05) is 0 Å². The van der Waals surface area contributed by atoms with Crippen molar-refractivity contribution in [3.8, 4) is 0 Å². The molecular formula is C62H112O6. The number of hydrogen-bond acceptors (Lipinski definition) is 6. The molecular weight excluding hydrogens is 841 g/mol. The highest BCUT2D eigenvalue weighted by Gasteiger charge is 2.19. The topological polar surface area (TPSA) is 78.9 Å². The molecule has 0 saturated carbocycles. The number of esters is 3. The van der Waals surface area contributed by atoms with Gasteiger partial charge in [0, 0.05) is 19.3 Å². The monoisotopic (exact) mass is 953 g/mol. The van der Waals surface area contributed by atoms with E-state index in [2.05, 4.69) is 69.4 Å². The van der Waals surface area contributed by atoms with Crippen LogP contribution in [0.2, 0.25) is 0 Å². The molecule has 0 aliphatic carbocycles. The van der Waals surface area contributed by atoms with Gasteiger partial charge >= 0.3 is 17.9 Å². The Balaban J connectivity index is 4.38. The Morgan fingerprint density at radius 1 is 0.294 bits per heavy atom. The molecule has 0 aromatic heterocycles. The molecule has 1 unspecified atom stereocenters. The third kappa shape index (κ3) is 54.3. The second-order valence-corrected chi connectivity index (χ2v) is 20.0. The van der Waals surface area contributed by atoms with Gasteiger partial charge in [-0.15, -0.1) is 0 Å². The van der Waals surface area contributed by atoms with Crippen LogP contribution in [-0.4, -0.2) is 37.2 Å². The van der Waals surface area contributed by atoms with Crippen LogP contribution < -0.4 is 0 Å². The van der Waals surface area contributed by atoms with Crippen molar-refractivity contribution in [1.29, 1.82) is 0 Å². The Labute approximate surface area is 422 Å². The predicted molar refractivity (Wildman–Crippen MR) is 293 cm³/mol. The molecule has 0 aliphatic rings. The van der Waals surface area contributed by atoms with Gasteiger partial charge in [-0.25, -0.2) is 0 Å². The maximum absolute atomic E-state index is 12.8. The standard InChI is InChI=1S/C62H112O6/c1-4-7-10-13-16-19-22-25-28-30-31-32-35-37-40-43-46-49-52-55-61(64)67-58-59(57-66-60(63)54-51-48-45-42-39-36-33-27-24-21-18-15-12-9-6-3)68-62(65)56-53-50-47-44-41-38-34-29-26-23-20-17-14-11-8-5-2/h18,21,24,27,29,34,38,41,59H,4-17,19-20,22-23,25-26,28,30-33,35-37,39-40,42-58H2,1-3H3/b21-18-,27-24-,34-29-,41-38-. The van der Waals surface area contributed by atoms with Crippen LogP contribution in [-0.2, 0) is 28.6 Å². The van der Waals surface area contributed by atoms with E-state index >= 15 is 0 Å². The van der Waals surface area contributed by atoms with Gasteiger partial charge in [-0.1, -0.05) is 268 Å². The second kappa shape index (κ2) is 57.0. The molecule has 0 aromatic carbocycles. The Morgan fingerprint density at radius 3 is 0.824 bits per heavy atom. The van der Waals surface area contributed by atoms with Crippen LogP contribution in [0.25, 0.3) is 0 Å². The summed E-state index contributed by atoms with van der Waals surface area (Å²) >= 11 is 0. The van der Waals surface area contributed by atoms with Crippen LogP contribution in [0.5, 0.6) is 0 Å². The lowest BCUT2D eigenvalue weighted by molar-refractivity contribution is -0.167. The smallest absolute Gasteiger partial charge is 0.306 e. The van der Waals surface area contributed by atoms with Crippen LogP contribution >= 0.6 is 0 Å². The average Bonchev–Trinajstić information content (AvgIpc) is 3.34. The fourth-order valence-electron chi connectivity index (χ4n) is 8.60. The van der Waals surface area contributed by atoms with Crippen molar-refractivity contribution >= 4 is 17.9 Å². The fourth-order valence-corrected chi connectivity index (χ4v) is 8.60. The highest BCUT2D eigenvalue weighted by atomic mass is 16.6. The number of rotatable bonds is 54. The first-order valence-corrected chi connectivity index (χ1v) is 29.7. The fraction of sp³-hybridized carbons (Fsp3) is 0.823. The first-order valence-electron chi connectivity index (χ1n) is 29.7. The highest BCUT2D eigenvalue weighted by molar-refractivity contribution is 5.71. The average molecular weight is 954 g/mol. The summed E-state index contributed by atoms with van der Waals surface area (Å²) in [7, 11) is 0. The first kappa shape index (κ1) is 65.4. The van der Waals surface area contributed by atoms with Gasteiger partial charge in [0.2, 0.25) is 0 Å². The lowest BCUT2D eigenvalue weighted by atomic mass is 10.0. The molecule has 0 radical (unpaired) electrons. The number of carbonyl (C=O) groups is 3. The number of carbonyl (C=O) groups excluding carboxylic acids is 3. The molecule has 6 nitrogen and oxygen atoms in total. The first-order chi connectivity index (χ1) is 33.5. The molecule has 1 atom stereocenters. The van der Waals surface area contributed by atoms with Gasteiger partial charge < -0.3 is 14.2 Å². The van der Waals surface area contributed by atoms with Gasteiger partial charge in [-0.3, -0.25) is 14.4 Å². The maximum Gasteiger partial charge on any atom is 0.306 e. The zero-order chi connectivity index (χ0) is 49.3. The summed E-state index contributed by atoms with van der Waals surface area (Å²) < 4.78 is 16.9. The molecule has 0 rings (SSSR count). The van der Waals surface area contributed by atoms with Gasteiger partial charge in [0.25, 0.3) is 0 Å². The quantitative estimate of drug-likeness (QED) is 0.0262. The van der Waals surface area contributed by atoms with Crippen molar-refractivity contribution in [3.63, 3.8) is 0 Å². The van der Waals surface area contributed by atoms with Crippen molar-refractivity contribution in [3.05, 3.63) is 48.6 Å². The van der Waals surface area contributed by atoms with E-state index in [4.69, 9.17) is 14.2 Å². The van der Waals surface area contributed by atoms with E-state index in [0.29, 0.717) is 19.3 Å². The second-order valence-electron chi connectivity index (χ2n) is 20.0. The zero-order valence-corrected chi connectivity index (χ0v) is 45.4. The molecule has 0 spiro atoms. The lowest BCUT2D eigenvalue weighted by Crippen LogP contribution is -2.30. The Bertz CT molecular complexity index is 1190. The molecule has 0 N–H and O–H groups in total. The minimum absolute atomic E-state index is 0.0846. The molecule has 0 bridgehead atoms. The summed E-state index contributed by atoms with van der Waals surface area (Å²) in [5.74, 6) is -0.908. The number of allylic oxidation sites excluding steroid dienone is 8. The predicted octanol–water partition coefficient (Wildman–Crippen LogP) is 19.8. The lowest BCUT2D eigenvalue weighted by Gasteiger charge is -2.18. The van der Waals surface area contributed by atoms with Crippen LogP contribution in [0.15, 0.2) is 48.6 Å². The van der Waals surface area contributed by atoms with Crippen LogP contribution in [0.1, 0.15) is 310 Å². The van der Waals surface area contributed by atoms with Gasteiger partial charge in [0.1, 0.15) is 13.2 Å². The highest BCUT2D eigenvalue weighted by Crippen LogP contribution is 2.16. The molecule has 0 aliphatic heterocycles. The third-order valence-corrected chi connectivity index (χ3v) is 13.1. The van der Waals surface area contributed by atoms with Gasteiger partial charge in [0.15, 0.2) is 6.10 Å². The minimum atomic E-state index is -0.790. The van der Waals surface area contributed by atoms with E-state index < -0.39 is 6.10 Å². The molecule has 68 heavy (non-hydrogen) atoms. The zero-order valence-electron chi connectivity index (χ0n) is 45.4. The summed E-state index contributed by atoms with van der Waals surface area (Å²) in [4.78, 5) is 38.2. The number of hydrogen-bond donors (Lipinski definition) is 0. The van der Waals surface area contributed by atoms with E-state index in [-0.39, 0.29) is 31.1 Å². The number of ether oxygens (including phenoxy) is 3. The Morgan fingerprint density at radius 2 is 0.515 bits per heavy atom. The SMILES string of the molecule is CCCCC/C=C\C=C/CCCCCCCCC(=O)OCC(COC(=O)CCCCCCCCCCCCCCCCCCCCC)OC(=O)CCCCC/C=C\C=C/CCCCCCCCC. The minimum Gasteiger partial charge on any atom is -0.462 e. The third-order valence-electron chi connectivity index (χ3n) is 13.1. The van der Waals surface area contributed by atoms with E-state index in [0.717, 1.165) is 77.0 Å². The molecule has 0 heterocycles. The largest absolute Gasteiger partial charge is 0.462 e. The summed E-state index contributed by atoms with van der Waals surface area (Å²) in [6.45, 7) is 6.61. The summed E-state index contributed by atoms with van der Waals surface area (Å²) in [5, 5.41) is 0. The summed E-state index contributed by atoms with van der Waals surface area (Å²) in [6.07, 6.45) is 69.6. The van der Waals surface area contributed by atoms with Crippen molar-refractivity contribution in [2.45, 2.75) is 316 Å². The maximum atomic E-state index is 12.8. The summed E-state index contributed by atoms with van der Waals surface area (Å²) in [6, 6.07) is 0. The van der Waals surface area contributed by atoms with E-state index in [9.17, 15) is 14.4 Å². The Kier molecular flexibility index (Phi) is 54.8. The molecule has 0 saturated heterocycles. The molecule has 0 amide bonds. The molecule has 396 valence electrons. The number of unbranched alkanes of at least 4 members (excludes halogenated alkanes) is 37. The van der Waals surface area contributed by atoms with E-state index in [1.165, 1.54) is 193 Å². The Hall–Kier alpha value is -2.63. The normalized spacial score (nSPS) is 12.3. The molecule has 0 aromatic rings. The molecule has 6 heteroatoms. The van der Waals surface area contributed by atoms with Crippen molar-refractivity contribution in [2.24, 2.45) is 0 Å². The van der Waals surface area contributed by atoms with Crippen LogP contribution in [0.4, 0.5) is 0 Å². The van der Waals surface area contributed by atoms with Gasteiger partial charge in [0.05, 0.1) is 0 Å². The van der Waals surface area contributed by atoms with Gasteiger partial charge in [-0.05, 0) is 70.6 Å².